The van der Waals surface area contributed by atoms with E-state index in [2.05, 4.69) is 10.0 Å². The van der Waals surface area contributed by atoms with Crippen molar-refractivity contribution in [1.82, 2.24) is 4.72 Å². The number of anilines is 1. The number of rotatable bonds is 6. The third-order valence-electron chi connectivity index (χ3n) is 3.59. The SMILES string of the molecule is COc1ccc(S(=O)(=O)NC2CC2)cc1NC(=O)c1ccc(C)s1. The molecule has 0 aliphatic heterocycles. The van der Waals surface area contributed by atoms with Crippen LogP contribution in [-0.4, -0.2) is 27.5 Å². The Bertz CT molecular complexity index is 870. The van der Waals surface area contributed by atoms with Crippen LogP contribution in [0.15, 0.2) is 35.2 Å². The number of hydrogen-bond acceptors (Lipinski definition) is 5. The van der Waals surface area contributed by atoms with Gasteiger partial charge < -0.3 is 10.1 Å². The minimum atomic E-state index is -3.60. The molecule has 1 saturated carbocycles. The molecule has 0 atom stereocenters. The van der Waals surface area contributed by atoms with Crippen molar-refractivity contribution in [3.63, 3.8) is 0 Å². The molecule has 6 nitrogen and oxygen atoms in total. The number of nitrogens with one attached hydrogen (secondary N) is 2. The summed E-state index contributed by atoms with van der Waals surface area (Å²) in [6, 6.07) is 8.03. The molecule has 3 rings (SSSR count). The van der Waals surface area contributed by atoms with E-state index in [9.17, 15) is 13.2 Å². The highest BCUT2D eigenvalue weighted by Crippen LogP contribution is 2.30. The Hall–Kier alpha value is -1.90. The van der Waals surface area contributed by atoms with Gasteiger partial charge in [-0.15, -0.1) is 11.3 Å². The second kappa shape index (κ2) is 6.54. The third-order valence-corrected chi connectivity index (χ3v) is 6.11. The van der Waals surface area contributed by atoms with Crippen LogP contribution in [0.4, 0.5) is 5.69 Å². The van der Waals surface area contributed by atoms with Gasteiger partial charge in [-0.1, -0.05) is 0 Å². The first-order valence-electron chi connectivity index (χ1n) is 7.47. The van der Waals surface area contributed by atoms with Crippen LogP contribution in [0.5, 0.6) is 5.75 Å². The van der Waals surface area contributed by atoms with Gasteiger partial charge in [-0.3, -0.25) is 4.79 Å². The molecule has 1 aromatic carbocycles. The Labute approximate surface area is 144 Å². The Morgan fingerprint density at radius 1 is 1.25 bits per heavy atom. The topological polar surface area (TPSA) is 84.5 Å². The number of hydrogen-bond donors (Lipinski definition) is 2. The van der Waals surface area contributed by atoms with E-state index in [1.165, 1.54) is 36.6 Å². The second-order valence-electron chi connectivity index (χ2n) is 5.62. The van der Waals surface area contributed by atoms with Gasteiger partial charge in [0.1, 0.15) is 5.75 Å². The van der Waals surface area contributed by atoms with Crippen molar-refractivity contribution in [3.05, 3.63) is 40.1 Å². The quantitative estimate of drug-likeness (QED) is 0.823. The molecule has 0 bridgehead atoms. The van der Waals surface area contributed by atoms with E-state index >= 15 is 0 Å². The van der Waals surface area contributed by atoms with E-state index in [0.717, 1.165) is 17.7 Å². The summed E-state index contributed by atoms with van der Waals surface area (Å²) in [5.41, 5.74) is 0.326. The smallest absolute Gasteiger partial charge is 0.265 e. The predicted molar refractivity (Wildman–Crippen MR) is 93.3 cm³/mol. The summed E-state index contributed by atoms with van der Waals surface area (Å²) in [6.07, 6.45) is 1.72. The highest BCUT2D eigenvalue weighted by molar-refractivity contribution is 7.89. The van der Waals surface area contributed by atoms with Gasteiger partial charge in [0.25, 0.3) is 5.91 Å². The van der Waals surface area contributed by atoms with E-state index in [0.29, 0.717) is 16.3 Å². The summed E-state index contributed by atoms with van der Waals surface area (Å²) in [6.45, 7) is 1.92. The van der Waals surface area contributed by atoms with E-state index in [1.807, 2.05) is 13.0 Å². The molecule has 0 saturated heterocycles. The number of thiophene rings is 1. The van der Waals surface area contributed by atoms with Crippen molar-refractivity contribution < 1.29 is 17.9 Å². The van der Waals surface area contributed by atoms with Crippen LogP contribution in [0, 0.1) is 6.92 Å². The molecule has 1 aromatic heterocycles. The Balaban J connectivity index is 1.87. The summed E-state index contributed by atoms with van der Waals surface area (Å²) < 4.78 is 32.5. The molecule has 1 aliphatic carbocycles. The average Bonchev–Trinajstić information content (AvgIpc) is 3.23. The molecule has 2 aromatic rings. The summed E-state index contributed by atoms with van der Waals surface area (Å²) in [5.74, 6) is 0.109. The van der Waals surface area contributed by atoms with Crippen LogP contribution < -0.4 is 14.8 Å². The number of methoxy groups -OCH3 is 1. The van der Waals surface area contributed by atoms with Crippen molar-refractivity contribution in [2.24, 2.45) is 0 Å². The summed E-state index contributed by atoms with van der Waals surface area (Å²) >= 11 is 1.37. The van der Waals surface area contributed by atoms with Crippen LogP contribution in [-0.2, 0) is 10.0 Å². The third kappa shape index (κ3) is 3.77. The number of sulfonamides is 1. The number of aryl methyl sites for hydroxylation is 1. The zero-order chi connectivity index (χ0) is 17.3. The van der Waals surface area contributed by atoms with Crippen LogP contribution in [0.3, 0.4) is 0 Å². The van der Waals surface area contributed by atoms with Gasteiger partial charge in [-0.25, -0.2) is 13.1 Å². The molecule has 128 valence electrons. The Morgan fingerprint density at radius 2 is 2.00 bits per heavy atom. The van der Waals surface area contributed by atoms with Crippen molar-refractivity contribution in [3.8, 4) is 5.75 Å². The van der Waals surface area contributed by atoms with Crippen LogP contribution in [0.25, 0.3) is 0 Å². The Morgan fingerprint density at radius 3 is 2.58 bits per heavy atom. The largest absolute Gasteiger partial charge is 0.495 e. The number of amides is 1. The minimum absolute atomic E-state index is 0.0178. The molecule has 0 unspecified atom stereocenters. The number of ether oxygens (including phenoxy) is 1. The van der Waals surface area contributed by atoms with Gasteiger partial charge in [-0.2, -0.15) is 0 Å². The Kier molecular flexibility index (Phi) is 4.62. The molecule has 1 heterocycles. The van der Waals surface area contributed by atoms with Crippen LogP contribution in [0.1, 0.15) is 27.4 Å². The molecule has 1 fully saturated rings. The van der Waals surface area contributed by atoms with E-state index in [4.69, 9.17) is 4.74 Å². The maximum absolute atomic E-state index is 12.3. The number of carbonyl (C=O) groups is 1. The van der Waals surface area contributed by atoms with Crippen molar-refractivity contribution >= 4 is 33.0 Å². The lowest BCUT2D eigenvalue weighted by molar-refractivity contribution is 0.103. The molecule has 0 spiro atoms. The van der Waals surface area contributed by atoms with Gasteiger partial charge in [0.05, 0.1) is 22.6 Å². The van der Waals surface area contributed by atoms with Gasteiger partial charge in [0, 0.05) is 10.9 Å². The van der Waals surface area contributed by atoms with Gasteiger partial charge in [0.15, 0.2) is 0 Å². The second-order valence-corrected chi connectivity index (χ2v) is 8.62. The zero-order valence-corrected chi connectivity index (χ0v) is 15.0. The van der Waals surface area contributed by atoms with E-state index < -0.39 is 10.0 Å². The molecule has 0 radical (unpaired) electrons. The first-order valence-corrected chi connectivity index (χ1v) is 9.77. The van der Waals surface area contributed by atoms with Crippen molar-refractivity contribution in [1.29, 1.82) is 0 Å². The fraction of sp³-hybridized carbons (Fsp3) is 0.312. The monoisotopic (exact) mass is 366 g/mol. The highest BCUT2D eigenvalue weighted by Gasteiger charge is 2.28. The molecule has 1 amide bonds. The molecular formula is C16H18N2O4S2. The zero-order valence-electron chi connectivity index (χ0n) is 13.3. The first-order chi connectivity index (χ1) is 11.4. The van der Waals surface area contributed by atoms with Gasteiger partial charge in [0.2, 0.25) is 10.0 Å². The lowest BCUT2D eigenvalue weighted by Gasteiger charge is -2.12. The molecule has 24 heavy (non-hydrogen) atoms. The van der Waals surface area contributed by atoms with Crippen molar-refractivity contribution in [2.75, 3.05) is 12.4 Å². The fourth-order valence-electron chi connectivity index (χ4n) is 2.18. The lowest BCUT2D eigenvalue weighted by Crippen LogP contribution is -2.25. The fourth-order valence-corrected chi connectivity index (χ4v) is 4.27. The summed E-state index contributed by atoms with van der Waals surface area (Å²) in [7, 11) is -2.13. The number of carbonyl (C=O) groups excluding carboxylic acids is 1. The molecular weight excluding hydrogens is 348 g/mol. The van der Waals surface area contributed by atoms with E-state index in [1.54, 1.807) is 6.07 Å². The lowest BCUT2D eigenvalue weighted by atomic mass is 10.3. The van der Waals surface area contributed by atoms with Crippen LogP contribution >= 0.6 is 11.3 Å². The van der Waals surface area contributed by atoms with Crippen LogP contribution in [0.2, 0.25) is 0 Å². The normalized spacial score (nSPS) is 14.4. The average molecular weight is 366 g/mol. The van der Waals surface area contributed by atoms with Crippen molar-refractivity contribution in [2.45, 2.75) is 30.7 Å². The summed E-state index contributed by atoms with van der Waals surface area (Å²) in [5, 5.41) is 2.73. The predicted octanol–water partition coefficient (Wildman–Crippen LogP) is 2.76. The minimum Gasteiger partial charge on any atom is -0.495 e. The summed E-state index contributed by atoms with van der Waals surface area (Å²) in [4.78, 5) is 14.0. The maximum atomic E-state index is 12.3. The maximum Gasteiger partial charge on any atom is 0.265 e. The van der Waals surface area contributed by atoms with E-state index in [-0.39, 0.29) is 16.8 Å². The highest BCUT2D eigenvalue weighted by atomic mass is 32.2. The number of benzene rings is 1. The van der Waals surface area contributed by atoms with Gasteiger partial charge in [-0.05, 0) is 50.1 Å². The molecule has 8 heteroatoms. The standard InChI is InChI=1S/C16H18N2O4S2/c1-10-3-8-15(23-10)16(19)17-13-9-12(6-7-14(13)22-2)24(20,21)18-11-4-5-11/h3,6-9,11,18H,4-5H2,1-2H3,(H,17,19). The van der Waals surface area contributed by atoms with Gasteiger partial charge >= 0.3 is 0 Å². The molecule has 1 aliphatic rings. The molecule has 2 N–H and O–H groups in total. The first kappa shape index (κ1) is 16.9.